The third-order valence-electron chi connectivity index (χ3n) is 3.60. The molecule has 0 fully saturated rings. The minimum atomic E-state index is -4.68. The third kappa shape index (κ3) is 5.44. The lowest BCUT2D eigenvalue weighted by molar-refractivity contribution is -0.137. The lowest BCUT2D eigenvalue weighted by atomic mass is 10.2. The largest absolute Gasteiger partial charge is 0.417 e. The highest BCUT2D eigenvalue weighted by Crippen LogP contribution is 2.36. The monoisotopic (exact) mass is 420 g/mol. The van der Waals surface area contributed by atoms with Crippen LogP contribution in [-0.4, -0.2) is 20.4 Å². The fourth-order valence-corrected chi connectivity index (χ4v) is 3.57. The first-order chi connectivity index (χ1) is 12.4. The van der Waals surface area contributed by atoms with Crippen molar-refractivity contribution < 1.29 is 26.4 Å². The highest BCUT2D eigenvalue weighted by atomic mass is 35.5. The molecule has 2 rings (SSSR count). The number of rotatable bonds is 5. The summed E-state index contributed by atoms with van der Waals surface area (Å²) in [5.41, 5.74) is -0.393. The van der Waals surface area contributed by atoms with Gasteiger partial charge in [0.25, 0.3) is 0 Å². The van der Waals surface area contributed by atoms with E-state index in [1.54, 1.807) is 19.1 Å². The van der Waals surface area contributed by atoms with Gasteiger partial charge in [0.1, 0.15) is 0 Å². The van der Waals surface area contributed by atoms with Gasteiger partial charge in [-0.1, -0.05) is 29.3 Å². The maximum Gasteiger partial charge on any atom is 0.417 e. The minimum Gasteiger partial charge on any atom is -0.325 e. The summed E-state index contributed by atoms with van der Waals surface area (Å²) in [5, 5.41) is 1.73. The van der Waals surface area contributed by atoms with Crippen molar-refractivity contribution in [3.63, 3.8) is 0 Å². The molecule has 0 saturated carbocycles. The van der Waals surface area contributed by atoms with Crippen molar-refractivity contribution in [1.29, 1.82) is 0 Å². The molecule has 0 unspecified atom stereocenters. The van der Waals surface area contributed by atoms with Gasteiger partial charge < -0.3 is 5.32 Å². The predicted molar refractivity (Wildman–Crippen MR) is 96.0 cm³/mol. The molecule has 2 N–H and O–H groups in total. The molecule has 0 heterocycles. The number of hydrogen-bond donors (Lipinski definition) is 2. The van der Waals surface area contributed by atoms with Crippen LogP contribution < -0.4 is 10.0 Å². The number of carbonyl (C=O) groups excluding carboxylic acids is 1. The number of aryl methyl sites for hydroxylation is 1. The topological polar surface area (TPSA) is 75.3 Å². The average Bonchev–Trinajstić information content (AvgIpc) is 2.55. The van der Waals surface area contributed by atoms with E-state index in [1.807, 2.05) is 0 Å². The van der Waals surface area contributed by atoms with Crippen LogP contribution in [-0.2, 0) is 21.0 Å². The van der Waals surface area contributed by atoms with Crippen LogP contribution in [0.15, 0.2) is 47.4 Å². The first kappa shape index (κ1) is 21.2. The average molecular weight is 421 g/mol. The molecule has 0 aliphatic heterocycles. The zero-order valence-electron chi connectivity index (χ0n) is 14.3. The first-order valence-electron chi connectivity index (χ1n) is 7.67. The first-order valence-corrected chi connectivity index (χ1v) is 9.53. The SMILES string of the molecule is Cc1ccc(S(=O)(=O)N[C@H](C)C(=O)Nc2ccc(Cl)c(C(F)(F)F)c2)cc1. The van der Waals surface area contributed by atoms with Crippen LogP contribution in [0.3, 0.4) is 0 Å². The summed E-state index contributed by atoms with van der Waals surface area (Å²) in [4.78, 5) is 12.1. The van der Waals surface area contributed by atoms with Crippen molar-refractivity contribution in [3.8, 4) is 0 Å². The number of anilines is 1. The number of nitrogens with one attached hydrogen (secondary N) is 2. The molecule has 0 saturated heterocycles. The summed E-state index contributed by atoms with van der Waals surface area (Å²) < 4.78 is 65.4. The van der Waals surface area contributed by atoms with E-state index in [2.05, 4.69) is 10.0 Å². The van der Waals surface area contributed by atoms with Crippen molar-refractivity contribution >= 4 is 33.2 Å². The molecule has 5 nitrogen and oxygen atoms in total. The van der Waals surface area contributed by atoms with Crippen LogP contribution in [0.4, 0.5) is 18.9 Å². The summed E-state index contributed by atoms with van der Waals surface area (Å²) in [6.07, 6.45) is -4.68. The number of benzene rings is 2. The zero-order chi connectivity index (χ0) is 20.4. The zero-order valence-corrected chi connectivity index (χ0v) is 15.8. The van der Waals surface area contributed by atoms with Crippen molar-refractivity contribution in [2.45, 2.75) is 31.0 Å². The lowest BCUT2D eigenvalue weighted by Gasteiger charge is -2.16. The second-order valence-electron chi connectivity index (χ2n) is 5.84. The van der Waals surface area contributed by atoms with Crippen LogP contribution in [0, 0.1) is 6.92 Å². The molecule has 0 aromatic heterocycles. The third-order valence-corrected chi connectivity index (χ3v) is 5.48. The molecule has 0 aliphatic rings. The van der Waals surface area contributed by atoms with E-state index in [1.165, 1.54) is 25.1 Å². The van der Waals surface area contributed by atoms with Crippen molar-refractivity contribution in [2.75, 3.05) is 5.32 Å². The quantitative estimate of drug-likeness (QED) is 0.768. The van der Waals surface area contributed by atoms with Gasteiger partial charge in [-0.2, -0.15) is 17.9 Å². The summed E-state index contributed by atoms with van der Waals surface area (Å²) >= 11 is 5.52. The second kappa shape index (κ2) is 7.87. The number of halogens is 4. The minimum absolute atomic E-state index is 0.0291. The normalized spacial score (nSPS) is 13.3. The van der Waals surface area contributed by atoms with Crippen molar-refractivity contribution in [3.05, 3.63) is 58.6 Å². The maximum atomic E-state index is 12.9. The Hall–Kier alpha value is -2.10. The van der Waals surface area contributed by atoms with Gasteiger partial charge in [-0.25, -0.2) is 8.42 Å². The Labute approximate surface area is 159 Å². The number of hydrogen-bond acceptors (Lipinski definition) is 3. The molecule has 146 valence electrons. The smallest absolute Gasteiger partial charge is 0.325 e. The van der Waals surface area contributed by atoms with Gasteiger partial charge in [0, 0.05) is 5.69 Å². The predicted octanol–water partition coefficient (Wildman–Crippen LogP) is 3.97. The highest BCUT2D eigenvalue weighted by Gasteiger charge is 2.33. The van der Waals surface area contributed by atoms with E-state index in [4.69, 9.17) is 11.6 Å². The Kier molecular flexibility index (Phi) is 6.18. The van der Waals surface area contributed by atoms with Crippen LogP contribution in [0.25, 0.3) is 0 Å². The Balaban J connectivity index is 2.13. The fraction of sp³-hybridized carbons (Fsp3) is 0.235. The molecular weight excluding hydrogens is 405 g/mol. The van der Waals surface area contributed by atoms with E-state index >= 15 is 0 Å². The van der Waals surface area contributed by atoms with Gasteiger partial charge in [-0.3, -0.25) is 4.79 Å². The lowest BCUT2D eigenvalue weighted by Crippen LogP contribution is -2.41. The molecule has 2 aromatic rings. The molecule has 1 amide bonds. The Bertz CT molecular complexity index is 945. The summed E-state index contributed by atoms with van der Waals surface area (Å²) in [7, 11) is -3.96. The van der Waals surface area contributed by atoms with E-state index in [0.29, 0.717) is 6.07 Å². The number of carbonyl (C=O) groups is 1. The van der Waals surface area contributed by atoms with E-state index < -0.39 is 38.7 Å². The van der Waals surface area contributed by atoms with Crippen LogP contribution in [0.1, 0.15) is 18.1 Å². The van der Waals surface area contributed by atoms with E-state index in [-0.39, 0.29) is 10.6 Å². The number of alkyl halides is 3. The van der Waals surface area contributed by atoms with Crippen LogP contribution >= 0.6 is 11.6 Å². The van der Waals surface area contributed by atoms with Gasteiger partial charge in [-0.15, -0.1) is 0 Å². The molecule has 0 bridgehead atoms. The van der Waals surface area contributed by atoms with Crippen molar-refractivity contribution in [1.82, 2.24) is 4.72 Å². The second-order valence-corrected chi connectivity index (χ2v) is 7.96. The van der Waals surface area contributed by atoms with Crippen LogP contribution in [0.2, 0.25) is 5.02 Å². The number of sulfonamides is 1. The molecule has 0 spiro atoms. The Morgan fingerprint density at radius 1 is 1.11 bits per heavy atom. The molecule has 27 heavy (non-hydrogen) atoms. The summed E-state index contributed by atoms with van der Waals surface area (Å²) in [6, 6.07) is 7.63. The molecule has 0 aliphatic carbocycles. The molecular formula is C17H16ClF3N2O3S. The van der Waals surface area contributed by atoms with Gasteiger partial charge in [0.05, 0.1) is 21.5 Å². The Morgan fingerprint density at radius 2 is 1.70 bits per heavy atom. The summed E-state index contributed by atoms with van der Waals surface area (Å²) in [5.74, 6) is -0.818. The van der Waals surface area contributed by atoms with Gasteiger partial charge in [-0.05, 0) is 44.2 Å². The number of amides is 1. The van der Waals surface area contributed by atoms with Crippen molar-refractivity contribution in [2.24, 2.45) is 0 Å². The molecule has 1 atom stereocenters. The standard InChI is InChI=1S/C17H16ClF3N2O3S/c1-10-3-6-13(7-4-10)27(25,26)23-11(2)16(24)22-12-5-8-15(18)14(9-12)17(19,20)21/h3-9,11,23H,1-2H3,(H,22,24)/t11-/m1/s1. The highest BCUT2D eigenvalue weighted by molar-refractivity contribution is 7.89. The Morgan fingerprint density at radius 3 is 2.26 bits per heavy atom. The van der Waals surface area contributed by atoms with E-state index in [0.717, 1.165) is 11.6 Å². The van der Waals surface area contributed by atoms with Crippen LogP contribution in [0.5, 0.6) is 0 Å². The van der Waals surface area contributed by atoms with Gasteiger partial charge in [0.2, 0.25) is 15.9 Å². The maximum absolute atomic E-state index is 12.9. The van der Waals surface area contributed by atoms with E-state index in [9.17, 15) is 26.4 Å². The summed E-state index contributed by atoms with van der Waals surface area (Å²) in [6.45, 7) is 3.07. The van der Waals surface area contributed by atoms with Gasteiger partial charge in [0.15, 0.2) is 0 Å². The van der Waals surface area contributed by atoms with Gasteiger partial charge >= 0.3 is 6.18 Å². The molecule has 10 heteroatoms. The molecule has 2 aromatic carbocycles. The fourth-order valence-electron chi connectivity index (χ4n) is 2.14. The molecule has 0 radical (unpaired) electrons.